The van der Waals surface area contributed by atoms with Gasteiger partial charge in [-0.25, -0.2) is 0 Å². The summed E-state index contributed by atoms with van der Waals surface area (Å²) < 4.78 is 0. The Morgan fingerprint density at radius 1 is 1.00 bits per heavy atom. The van der Waals surface area contributed by atoms with Crippen molar-refractivity contribution in [1.29, 1.82) is 0 Å². The summed E-state index contributed by atoms with van der Waals surface area (Å²) >= 11 is 0. The summed E-state index contributed by atoms with van der Waals surface area (Å²) in [4.78, 5) is 2.58. The summed E-state index contributed by atoms with van der Waals surface area (Å²) in [7, 11) is 0. The van der Waals surface area contributed by atoms with Gasteiger partial charge in [0.05, 0.1) is 0 Å². The van der Waals surface area contributed by atoms with E-state index in [1.807, 2.05) is 0 Å². The van der Waals surface area contributed by atoms with Crippen LogP contribution in [0.5, 0.6) is 0 Å². The van der Waals surface area contributed by atoms with Gasteiger partial charge in [-0.3, -0.25) is 0 Å². The van der Waals surface area contributed by atoms with Crippen molar-refractivity contribution >= 4 is 0 Å². The van der Waals surface area contributed by atoms with Gasteiger partial charge in [0, 0.05) is 19.3 Å². The van der Waals surface area contributed by atoms with E-state index in [-0.39, 0.29) is 0 Å². The molecule has 61 valence electrons. The van der Waals surface area contributed by atoms with E-state index < -0.39 is 0 Å². The molecule has 0 bridgehead atoms. The number of rotatable bonds is 1. The largest absolute Gasteiger partial charge is 0.153 e. The van der Waals surface area contributed by atoms with Crippen LogP contribution in [0.2, 0.25) is 0 Å². The van der Waals surface area contributed by atoms with E-state index >= 15 is 0 Å². The zero-order chi connectivity index (χ0) is 7.52. The average molecular weight is 151 g/mol. The van der Waals surface area contributed by atoms with Crippen molar-refractivity contribution in [3.8, 4) is 0 Å². The Kier molecular flexibility index (Phi) is 2.27. The zero-order valence-corrected chi connectivity index (χ0v) is 7.18. The molecule has 1 heteroatoms. The Balaban J connectivity index is 1.96. The SMILES string of the molecule is C1=C([N+]2CCCC2)CCCC1. The Morgan fingerprint density at radius 3 is 2.45 bits per heavy atom. The average Bonchev–Trinajstić information content (AvgIpc) is 2.58. The highest BCUT2D eigenvalue weighted by molar-refractivity contribution is 5.08. The third-order valence-corrected chi connectivity index (χ3v) is 2.78. The van der Waals surface area contributed by atoms with Crippen molar-refractivity contribution in [3.05, 3.63) is 11.8 Å². The Morgan fingerprint density at radius 2 is 1.82 bits per heavy atom. The van der Waals surface area contributed by atoms with Crippen molar-refractivity contribution in [2.45, 2.75) is 38.5 Å². The van der Waals surface area contributed by atoms with Gasteiger partial charge in [-0.2, -0.15) is 0 Å². The molecule has 0 saturated carbocycles. The fraction of sp³-hybridized carbons (Fsp3) is 0.800. The van der Waals surface area contributed by atoms with Crippen LogP contribution in [-0.2, 0) is 0 Å². The molecule has 11 heavy (non-hydrogen) atoms. The Bertz CT molecular complexity index is 154. The van der Waals surface area contributed by atoms with Crippen LogP contribution in [0.4, 0.5) is 0 Å². The molecule has 1 saturated heterocycles. The van der Waals surface area contributed by atoms with Gasteiger partial charge >= 0.3 is 0 Å². The van der Waals surface area contributed by atoms with Gasteiger partial charge in [-0.15, -0.1) is 4.90 Å². The Hall–Kier alpha value is -0.300. The maximum atomic E-state index is 2.58. The van der Waals surface area contributed by atoms with Crippen molar-refractivity contribution in [2.24, 2.45) is 0 Å². The molecule has 1 heterocycles. The first-order valence-corrected chi connectivity index (χ1v) is 4.91. The number of nitrogens with zero attached hydrogens (tertiary/aromatic N) is 1. The molecule has 0 spiro atoms. The molecular formula is C10H17N+. The van der Waals surface area contributed by atoms with Crippen LogP contribution in [0.15, 0.2) is 11.8 Å². The lowest BCUT2D eigenvalue weighted by molar-refractivity contribution is 0.521. The molecule has 0 aromatic carbocycles. The first kappa shape index (κ1) is 7.35. The lowest BCUT2D eigenvalue weighted by Gasteiger charge is -2.12. The first-order chi connectivity index (χ1) is 5.47. The second-order valence-corrected chi connectivity index (χ2v) is 3.64. The molecule has 0 aromatic heterocycles. The number of hydrogen-bond acceptors (Lipinski definition) is 1. The van der Waals surface area contributed by atoms with Crippen molar-refractivity contribution < 1.29 is 0 Å². The predicted octanol–water partition coefficient (Wildman–Crippen LogP) is 2.38. The molecule has 1 aliphatic carbocycles. The summed E-state index contributed by atoms with van der Waals surface area (Å²) in [5.74, 6) is 0. The molecule has 0 amide bonds. The van der Waals surface area contributed by atoms with E-state index in [1.165, 1.54) is 51.6 Å². The van der Waals surface area contributed by atoms with Crippen molar-refractivity contribution in [1.82, 2.24) is 4.90 Å². The lowest BCUT2D eigenvalue weighted by Crippen LogP contribution is -2.26. The van der Waals surface area contributed by atoms with Crippen molar-refractivity contribution in [2.75, 3.05) is 13.1 Å². The molecule has 0 atom stereocenters. The number of hydrogen-bond donors (Lipinski definition) is 0. The highest BCUT2D eigenvalue weighted by Crippen LogP contribution is 2.21. The highest BCUT2D eigenvalue weighted by Gasteiger charge is 2.26. The van der Waals surface area contributed by atoms with Crippen LogP contribution in [-0.4, -0.2) is 13.1 Å². The maximum Gasteiger partial charge on any atom is 0.153 e. The van der Waals surface area contributed by atoms with Crippen LogP contribution >= 0.6 is 0 Å². The monoisotopic (exact) mass is 151 g/mol. The van der Waals surface area contributed by atoms with Gasteiger partial charge in [0.25, 0.3) is 0 Å². The van der Waals surface area contributed by atoms with Crippen LogP contribution in [0, 0.1) is 0 Å². The van der Waals surface area contributed by atoms with E-state index in [9.17, 15) is 0 Å². The number of allylic oxidation sites excluding steroid dienone is 2. The third-order valence-electron chi connectivity index (χ3n) is 2.78. The van der Waals surface area contributed by atoms with E-state index in [2.05, 4.69) is 11.0 Å². The van der Waals surface area contributed by atoms with Gasteiger partial charge in [-0.05, 0) is 25.3 Å². The molecule has 1 nitrogen and oxygen atoms in total. The summed E-state index contributed by atoms with van der Waals surface area (Å²) in [6.07, 6.45) is 10.8. The second-order valence-electron chi connectivity index (χ2n) is 3.64. The molecule has 0 N–H and O–H groups in total. The second kappa shape index (κ2) is 3.40. The maximum absolute atomic E-state index is 2.58. The highest BCUT2D eigenvalue weighted by atomic mass is 15.1. The first-order valence-electron chi connectivity index (χ1n) is 4.91. The minimum atomic E-state index is 1.33. The predicted molar refractivity (Wildman–Crippen MR) is 47.7 cm³/mol. The molecular weight excluding hydrogens is 134 g/mol. The van der Waals surface area contributed by atoms with Crippen LogP contribution in [0.3, 0.4) is 0 Å². The molecule has 1 aliphatic heterocycles. The van der Waals surface area contributed by atoms with Crippen molar-refractivity contribution in [3.63, 3.8) is 0 Å². The Labute approximate surface area is 69.1 Å². The lowest BCUT2D eigenvalue weighted by atomic mass is 10.0. The normalized spacial score (nSPS) is 27.1. The summed E-state index contributed by atoms with van der Waals surface area (Å²) in [5, 5.41) is 0. The van der Waals surface area contributed by atoms with Gasteiger partial charge in [0.1, 0.15) is 13.1 Å². The van der Waals surface area contributed by atoms with E-state index in [1.54, 1.807) is 5.70 Å². The topological polar surface area (TPSA) is 5.90 Å². The smallest absolute Gasteiger partial charge is 0.138 e. The molecule has 1 radical (unpaired) electrons. The van der Waals surface area contributed by atoms with Gasteiger partial charge in [0.2, 0.25) is 0 Å². The zero-order valence-electron chi connectivity index (χ0n) is 7.18. The van der Waals surface area contributed by atoms with Gasteiger partial charge in [-0.1, -0.05) is 0 Å². The van der Waals surface area contributed by atoms with E-state index in [0.29, 0.717) is 0 Å². The standard InChI is InChI=1S/C10H17N/c1-2-6-10(7-3-1)11-8-4-5-9-11/h6H,1-5,7-9H2/q+1. The fourth-order valence-corrected chi connectivity index (χ4v) is 2.11. The minimum Gasteiger partial charge on any atom is -0.138 e. The minimum absolute atomic E-state index is 1.33. The summed E-state index contributed by atoms with van der Waals surface area (Å²) in [6.45, 7) is 2.65. The van der Waals surface area contributed by atoms with Gasteiger partial charge in [0.15, 0.2) is 5.70 Å². The van der Waals surface area contributed by atoms with Gasteiger partial charge < -0.3 is 0 Å². The number of likely N-dealkylation sites (tertiary alicyclic amines) is 1. The quantitative estimate of drug-likeness (QED) is 0.507. The summed E-state index contributed by atoms with van der Waals surface area (Å²) in [6, 6.07) is 0. The molecule has 2 aliphatic rings. The molecule has 1 fully saturated rings. The molecule has 0 unspecified atom stereocenters. The van der Waals surface area contributed by atoms with E-state index in [0.717, 1.165) is 0 Å². The summed E-state index contributed by atoms with van der Waals surface area (Å²) in [5.41, 5.74) is 1.65. The molecule has 2 rings (SSSR count). The van der Waals surface area contributed by atoms with Crippen LogP contribution in [0.1, 0.15) is 38.5 Å². The van der Waals surface area contributed by atoms with E-state index in [4.69, 9.17) is 0 Å². The van der Waals surface area contributed by atoms with Crippen LogP contribution in [0.25, 0.3) is 0 Å². The third kappa shape index (κ3) is 1.64. The molecule has 0 aromatic rings. The van der Waals surface area contributed by atoms with Crippen LogP contribution < -0.4 is 4.90 Å². The fourth-order valence-electron chi connectivity index (χ4n) is 2.11.